The van der Waals surface area contributed by atoms with Crippen LogP contribution in [-0.4, -0.2) is 43.1 Å². The molecule has 0 atom stereocenters. The summed E-state index contributed by atoms with van der Waals surface area (Å²) in [5.74, 6) is 1.51. The van der Waals surface area contributed by atoms with Crippen molar-refractivity contribution in [2.75, 3.05) is 27.3 Å². The van der Waals surface area contributed by atoms with Gasteiger partial charge in [0.25, 0.3) is 5.91 Å². The van der Waals surface area contributed by atoms with Crippen molar-refractivity contribution in [3.8, 4) is 21.4 Å². The number of likely N-dealkylation sites (N-methyl/N-ethyl adjacent to an activating group) is 1. The summed E-state index contributed by atoms with van der Waals surface area (Å²) < 4.78 is 10.8. The first-order chi connectivity index (χ1) is 12.6. The fourth-order valence-corrected chi connectivity index (χ4v) is 4.21. The second-order valence-corrected chi connectivity index (χ2v) is 7.61. The van der Waals surface area contributed by atoms with Gasteiger partial charge in [0.1, 0.15) is 28.0 Å². The van der Waals surface area contributed by atoms with Gasteiger partial charge in [-0.3, -0.25) is 4.79 Å². The molecule has 0 spiro atoms. The number of ether oxygens (including phenoxy) is 2. The molecule has 3 aromatic rings. The zero-order chi connectivity index (χ0) is 18.5. The van der Waals surface area contributed by atoms with Crippen LogP contribution in [0.2, 0.25) is 0 Å². The van der Waals surface area contributed by atoms with E-state index in [-0.39, 0.29) is 5.91 Å². The highest BCUT2D eigenvalue weighted by Crippen LogP contribution is 2.31. The average molecular weight is 389 g/mol. The molecule has 0 bridgehead atoms. The Morgan fingerprint density at radius 2 is 1.92 bits per heavy atom. The molecule has 0 N–H and O–H groups in total. The smallest absolute Gasteiger partial charge is 0.265 e. The summed E-state index contributed by atoms with van der Waals surface area (Å²) in [5, 5.41) is 2.90. The van der Waals surface area contributed by atoms with Crippen LogP contribution in [0.15, 0.2) is 41.8 Å². The first-order valence-corrected chi connectivity index (χ1v) is 9.81. The first-order valence-electron chi connectivity index (χ1n) is 8.12. The number of thiazole rings is 1. The van der Waals surface area contributed by atoms with Crippen molar-refractivity contribution in [2.24, 2.45) is 0 Å². The molecule has 1 aromatic carbocycles. The molecule has 2 aromatic heterocycles. The Balaban J connectivity index is 1.57. The van der Waals surface area contributed by atoms with Gasteiger partial charge in [-0.15, -0.1) is 22.7 Å². The number of benzene rings is 1. The lowest BCUT2D eigenvalue weighted by atomic mass is 10.3. The molecule has 0 aliphatic carbocycles. The van der Waals surface area contributed by atoms with Crippen LogP contribution in [0.5, 0.6) is 11.5 Å². The van der Waals surface area contributed by atoms with Gasteiger partial charge in [0, 0.05) is 7.05 Å². The number of carbonyl (C=O) groups is 1. The van der Waals surface area contributed by atoms with Crippen molar-refractivity contribution >= 4 is 28.6 Å². The lowest BCUT2D eigenvalue weighted by Gasteiger charge is -2.17. The van der Waals surface area contributed by atoms with E-state index in [1.807, 2.05) is 48.7 Å². The van der Waals surface area contributed by atoms with Crippen LogP contribution in [-0.2, 0) is 0 Å². The van der Waals surface area contributed by atoms with Crippen LogP contribution >= 0.6 is 22.7 Å². The third-order valence-corrected chi connectivity index (χ3v) is 6.01. The maximum atomic E-state index is 12.7. The molecule has 0 radical (unpaired) electrons. The van der Waals surface area contributed by atoms with Crippen LogP contribution in [0.4, 0.5) is 0 Å². The highest BCUT2D eigenvalue weighted by atomic mass is 32.1. The third-order valence-electron chi connectivity index (χ3n) is 3.82. The van der Waals surface area contributed by atoms with E-state index in [1.54, 1.807) is 30.4 Å². The predicted octanol–water partition coefficient (Wildman–Crippen LogP) is 4.34. The van der Waals surface area contributed by atoms with Crippen molar-refractivity contribution < 1.29 is 14.3 Å². The summed E-state index contributed by atoms with van der Waals surface area (Å²) in [5.41, 5.74) is 0.770. The molecule has 136 valence electrons. The SMILES string of the molecule is COc1ccc(OCCN(C)C(=O)c2sc(-c3cccs3)nc2C)cc1. The molecule has 0 saturated carbocycles. The van der Waals surface area contributed by atoms with Crippen molar-refractivity contribution in [3.05, 3.63) is 52.3 Å². The third kappa shape index (κ3) is 4.23. The molecule has 0 aliphatic rings. The fourth-order valence-electron chi connectivity index (χ4n) is 2.35. The quantitative estimate of drug-likeness (QED) is 0.604. The van der Waals surface area contributed by atoms with E-state index in [9.17, 15) is 4.79 Å². The summed E-state index contributed by atoms with van der Waals surface area (Å²) in [7, 11) is 3.41. The van der Waals surface area contributed by atoms with E-state index in [0.29, 0.717) is 18.0 Å². The Morgan fingerprint density at radius 3 is 2.58 bits per heavy atom. The highest BCUT2D eigenvalue weighted by Gasteiger charge is 2.19. The van der Waals surface area contributed by atoms with Gasteiger partial charge in [-0.25, -0.2) is 4.98 Å². The van der Waals surface area contributed by atoms with Crippen LogP contribution in [0.3, 0.4) is 0 Å². The van der Waals surface area contributed by atoms with Crippen molar-refractivity contribution in [2.45, 2.75) is 6.92 Å². The number of nitrogens with zero attached hydrogens (tertiary/aromatic N) is 2. The lowest BCUT2D eigenvalue weighted by Crippen LogP contribution is -2.30. The molecule has 7 heteroatoms. The van der Waals surface area contributed by atoms with Crippen LogP contribution in [0, 0.1) is 6.92 Å². The largest absolute Gasteiger partial charge is 0.497 e. The summed E-state index contributed by atoms with van der Waals surface area (Å²) in [6.07, 6.45) is 0. The molecular weight excluding hydrogens is 368 g/mol. The maximum absolute atomic E-state index is 12.7. The molecule has 0 saturated heterocycles. The molecule has 0 aliphatic heterocycles. The average Bonchev–Trinajstić information content (AvgIpc) is 3.31. The number of hydrogen-bond acceptors (Lipinski definition) is 6. The topological polar surface area (TPSA) is 51.7 Å². The summed E-state index contributed by atoms with van der Waals surface area (Å²) in [4.78, 5) is 20.7. The minimum absolute atomic E-state index is 0.0267. The second kappa shape index (κ2) is 8.33. The van der Waals surface area contributed by atoms with Gasteiger partial charge in [-0.05, 0) is 42.6 Å². The monoisotopic (exact) mass is 388 g/mol. The van der Waals surface area contributed by atoms with Gasteiger partial charge in [0.05, 0.1) is 24.2 Å². The summed E-state index contributed by atoms with van der Waals surface area (Å²) in [6.45, 7) is 2.79. The number of methoxy groups -OCH3 is 1. The first kappa shape index (κ1) is 18.4. The second-order valence-electron chi connectivity index (χ2n) is 5.66. The standard InChI is InChI=1S/C19H20N2O3S2/c1-13-17(26-18(20-13)16-5-4-12-25-16)19(22)21(2)10-11-24-15-8-6-14(23-3)7-9-15/h4-9,12H,10-11H2,1-3H3. The van der Waals surface area contributed by atoms with Gasteiger partial charge < -0.3 is 14.4 Å². The Kier molecular flexibility index (Phi) is 5.90. The minimum Gasteiger partial charge on any atom is -0.497 e. The Bertz CT molecular complexity index is 858. The van der Waals surface area contributed by atoms with Crippen molar-refractivity contribution in [1.82, 2.24) is 9.88 Å². The molecule has 1 amide bonds. The predicted molar refractivity (Wildman–Crippen MR) is 106 cm³/mol. The number of rotatable bonds is 7. The zero-order valence-electron chi connectivity index (χ0n) is 14.9. The molecule has 3 rings (SSSR count). The van der Waals surface area contributed by atoms with Crippen LogP contribution in [0.1, 0.15) is 15.4 Å². The van der Waals surface area contributed by atoms with Crippen LogP contribution in [0.25, 0.3) is 9.88 Å². The van der Waals surface area contributed by atoms with E-state index < -0.39 is 0 Å². The van der Waals surface area contributed by atoms with Gasteiger partial charge >= 0.3 is 0 Å². The van der Waals surface area contributed by atoms with E-state index in [4.69, 9.17) is 9.47 Å². The highest BCUT2D eigenvalue weighted by molar-refractivity contribution is 7.22. The number of hydrogen-bond donors (Lipinski definition) is 0. The zero-order valence-corrected chi connectivity index (χ0v) is 16.5. The Morgan fingerprint density at radius 1 is 1.19 bits per heavy atom. The lowest BCUT2D eigenvalue weighted by molar-refractivity contribution is 0.0777. The number of thiophene rings is 1. The maximum Gasteiger partial charge on any atom is 0.265 e. The number of aryl methyl sites for hydroxylation is 1. The Hall–Kier alpha value is -2.38. The van der Waals surface area contributed by atoms with Crippen molar-refractivity contribution in [1.29, 1.82) is 0 Å². The minimum atomic E-state index is -0.0267. The molecule has 0 fully saturated rings. The van der Waals surface area contributed by atoms with Crippen molar-refractivity contribution in [3.63, 3.8) is 0 Å². The number of aromatic nitrogens is 1. The van der Waals surface area contributed by atoms with E-state index in [2.05, 4.69) is 4.98 Å². The molecule has 5 nitrogen and oxygen atoms in total. The van der Waals surface area contributed by atoms with Gasteiger partial charge in [0.2, 0.25) is 0 Å². The molecule has 26 heavy (non-hydrogen) atoms. The van der Waals surface area contributed by atoms with E-state index in [1.165, 1.54) is 11.3 Å². The van der Waals surface area contributed by atoms with Gasteiger partial charge in [-0.1, -0.05) is 6.07 Å². The normalized spacial score (nSPS) is 10.6. The number of amides is 1. The fraction of sp³-hybridized carbons (Fsp3) is 0.263. The summed E-state index contributed by atoms with van der Waals surface area (Å²) >= 11 is 3.07. The Labute approximate surface area is 160 Å². The van der Waals surface area contributed by atoms with E-state index >= 15 is 0 Å². The van der Waals surface area contributed by atoms with E-state index in [0.717, 1.165) is 27.1 Å². The number of carbonyl (C=O) groups excluding carboxylic acids is 1. The van der Waals surface area contributed by atoms with Crippen LogP contribution < -0.4 is 9.47 Å². The molecular formula is C19H20N2O3S2. The van der Waals surface area contributed by atoms with Gasteiger partial charge in [-0.2, -0.15) is 0 Å². The molecule has 0 unspecified atom stereocenters. The summed E-state index contributed by atoms with van der Waals surface area (Å²) in [6, 6.07) is 11.4. The molecule has 2 heterocycles. The van der Waals surface area contributed by atoms with Gasteiger partial charge in [0.15, 0.2) is 0 Å².